The third kappa shape index (κ3) is 3.43. The first-order valence-corrected chi connectivity index (χ1v) is 6.01. The highest BCUT2D eigenvalue weighted by atomic mass is 35.5. The number of hydrogen-bond acceptors (Lipinski definition) is 2. The minimum Gasteiger partial charge on any atom is -0.301 e. The lowest BCUT2D eigenvalue weighted by Crippen LogP contribution is -2.08. The maximum absolute atomic E-state index is 6.01. The molecule has 0 radical (unpaired) electrons. The molecule has 5 heteroatoms. The van der Waals surface area contributed by atoms with Gasteiger partial charge >= 0.3 is 0 Å². The van der Waals surface area contributed by atoms with Crippen molar-refractivity contribution in [1.82, 2.24) is 0 Å². The molecule has 0 aliphatic rings. The number of anilines is 2. The smallest absolute Gasteiger partial charge is 0.0740 e. The largest absolute Gasteiger partial charge is 0.301 e. The molecule has 0 amide bonds. The molecule has 0 atom stereocenters. The molecule has 0 heterocycles. The van der Waals surface area contributed by atoms with Gasteiger partial charge in [0.15, 0.2) is 0 Å². The van der Waals surface area contributed by atoms with Crippen LogP contribution < -0.4 is 10.9 Å². The molecule has 0 aliphatic heterocycles. The van der Waals surface area contributed by atoms with E-state index >= 15 is 0 Å². The average Bonchev–Trinajstić information content (AvgIpc) is 2.30. The van der Waals surface area contributed by atoms with Crippen molar-refractivity contribution in [1.29, 1.82) is 0 Å². The number of benzene rings is 2. The van der Waals surface area contributed by atoms with Gasteiger partial charge in [0, 0.05) is 10.0 Å². The Labute approximate surface area is 114 Å². The van der Waals surface area contributed by atoms with Gasteiger partial charge in [-0.1, -0.05) is 40.9 Å². The predicted molar refractivity (Wildman–Crippen MR) is 75.2 cm³/mol. The summed E-state index contributed by atoms with van der Waals surface area (Å²) in [5.74, 6) is 0. The van der Waals surface area contributed by atoms with Crippen molar-refractivity contribution in [2.75, 3.05) is 10.9 Å². The van der Waals surface area contributed by atoms with E-state index in [0.29, 0.717) is 20.8 Å². The quantitative estimate of drug-likeness (QED) is 0.769. The van der Waals surface area contributed by atoms with Crippen LogP contribution in [0.4, 0.5) is 11.4 Å². The van der Waals surface area contributed by atoms with Crippen molar-refractivity contribution in [2.24, 2.45) is 0 Å². The van der Waals surface area contributed by atoms with E-state index < -0.39 is 0 Å². The Hall–Kier alpha value is -1.09. The molecule has 2 aromatic carbocycles. The molecule has 0 fully saturated rings. The monoisotopic (exact) mass is 286 g/mol. The van der Waals surface area contributed by atoms with E-state index in [0.717, 1.165) is 5.69 Å². The maximum atomic E-state index is 6.01. The van der Waals surface area contributed by atoms with Crippen LogP contribution in [-0.2, 0) is 0 Å². The summed E-state index contributed by atoms with van der Waals surface area (Å²) in [6.07, 6.45) is 0. The highest BCUT2D eigenvalue weighted by Gasteiger charge is 2.00. The molecule has 17 heavy (non-hydrogen) atoms. The van der Waals surface area contributed by atoms with Crippen molar-refractivity contribution in [3.8, 4) is 0 Å². The van der Waals surface area contributed by atoms with Crippen LogP contribution in [0.5, 0.6) is 0 Å². The van der Waals surface area contributed by atoms with Gasteiger partial charge in [0.2, 0.25) is 0 Å². The summed E-state index contributed by atoms with van der Waals surface area (Å²) in [5.41, 5.74) is 7.51. The van der Waals surface area contributed by atoms with Gasteiger partial charge in [-0.2, -0.15) is 0 Å². The summed E-state index contributed by atoms with van der Waals surface area (Å²) in [4.78, 5) is 0. The van der Waals surface area contributed by atoms with E-state index in [2.05, 4.69) is 10.9 Å². The van der Waals surface area contributed by atoms with Crippen molar-refractivity contribution in [3.63, 3.8) is 0 Å². The second-order valence-electron chi connectivity index (χ2n) is 3.38. The molecule has 0 aromatic heterocycles. The summed E-state index contributed by atoms with van der Waals surface area (Å²) in [5, 5.41) is 1.86. The van der Waals surface area contributed by atoms with Crippen LogP contribution in [0.2, 0.25) is 15.1 Å². The minimum absolute atomic E-state index is 0.587. The number of hydrazine groups is 1. The van der Waals surface area contributed by atoms with Crippen LogP contribution in [0.1, 0.15) is 0 Å². The second-order valence-corrected chi connectivity index (χ2v) is 4.66. The molecule has 88 valence electrons. The van der Waals surface area contributed by atoms with Crippen LogP contribution >= 0.6 is 34.8 Å². The fourth-order valence-corrected chi connectivity index (χ4v) is 1.83. The lowest BCUT2D eigenvalue weighted by molar-refractivity contribution is 1.41. The first-order chi connectivity index (χ1) is 8.15. The standard InChI is InChI=1S/C12H9Cl3N2/c13-8-2-1-3-10(6-8)16-17-12-7-9(14)4-5-11(12)15/h1-7,16-17H. The third-order valence-corrected chi connectivity index (χ3v) is 2.89. The van der Waals surface area contributed by atoms with E-state index in [4.69, 9.17) is 34.8 Å². The molecule has 0 saturated carbocycles. The van der Waals surface area contributed by atoms with Gasteiger partial charge in [-0.15, -0.1) is 0 Å². The first kappa shape index (κ1) is 12.4. The highest BCUT2D eigenvalue weighted by molar-refractivity contribution is 6.35. The Morgan fingerprint density at radius 1 is 0.765 bits per heavy atom. The first-order valence-electron chi connectivity index (χ1n) is 4.88. The third-order valence-electron chi connectivity index (χ3n) is 2.09. The van der Waals surface area contributed by atoms with Gasteiger partial charge in [0.25, 0.3) is 0 Å². The predicted octanol–water partition coefficient (Wildman–Crippen LogP) is 5.09. The Morgan fingerprint density at radius 3 is 2.29 bits per heavy atom. The van der Waals surface area contributed by atoms with Crippen LogP contribution in [0.25, 0.3) is 0 Å². The van der Waals surface area contributed by atoms with Crippen LogP contribution in [0.3, 0.4) is 0 Å². The number of rotatable bonds is 3. The lowest BCUT2D eigenvalue weighted by Gasteiger charge is -2.11. The highest BCUT2D eigenvalue weighted by Crippen LogP contribution is 2.25. The SMILES string of the molecule is Clc1cccc(NNc2cc(Cl)ccc2Cl)c1. The second kappa shape index (κ2) is 5.50. The van der Waals surface area contributed by atoms with Gasteiger partial charge in [0.05, 0.1) is 16.4 Å². The van der Waals surface area contributed by atoms with Crippen molar-refractivity contribution in [3.05, 3.63) is 57.5 Å². The van der Waals surface area contributed by atoms with E-state index in [1.807, 2.05) is 12.1 Å². The summed E-state index contributed by atoms with van der Waals surface area (Å²) in [6.45, 7) is 0. The van der Waals surface area contributed by atoms with E-state index in [1.54, 1.807) is 30.3 Å². The molecule has 2 nitrogen and oxygen atoms in total. The summed E-state index contributed by atoms with van der Waals surface area (Å²) in [6, 6.07) is 12.5. The van der Waals surface area contributed by atoms with E-state index in [9.17, 15) is 0 Å². The van der Waals surface area contributed by atoms with Gasteiger partial charge in [-0.3, -0.25) is 5.43 Å². The fraction of sp³-hybridized carbons (Fsp3) is 0. The number of hydrogen-bond donors (Lipinski definition) is 2. The Morgan fingerprint density at radius 2 is 1.53 bits per heavy atom. The van der Waals surface area contributed by atoms with Crippen molar-refractivity contribution in [2.45, 2.75) is 0 Å². The topological polar surface area (TPSA) is 24.1 Å². The van der Waals surface area contributed by atoms with Crippen LogP contribution in [0, 0.1) is 0 Å². The molecular formula is C12H9Cl3N2. The molecule has 0 unspecified atom stereocenters. The average molecular weight is 288 g/mol. The summed E-state index contributed by atoms with van der Waals surface area (Å²) >= 11 is 17.8. The molecule has 2 aromatic rings. The van der Waals surface area contributed by atoms with Crippen molar-refractivity contribution >= 4 is 46.2 Å². The molecule has 2 rings (SSSR count). The van der Waals surface area contributed by atoms with Crippen LogP contribution in [-0.4, -0.2) is 0 Å². The molecule has 2 N–H and O–H groups in total. The van der Waals surface area contributed by atoms with Crippen molar-refractivity contribution < 1.29 is 0 Å². The van der Waals surface area contributed by atoms with E-state index in [1.165, 1.54) is 0 Å². The Balaban J connectivity index is 2.09. The molecule has 0 aliphatic carbocycles. The maximum Gasteiger partial charge on any atom is 0.0740 e. The molecule has 0 spiro atoms. The normalized spacial score (nSPS) is 10.1. The zero-order valence-electron chi connectivity index (χ0n) is 8.68. The zero-order valence-corrected chi connectivity index (χ0v) is 10.9. The summed E-state index contributed by atoms with van der Waals surface area (Å²) < 4.78 is 0. The summed E-state index contributed by atoms with van der Waals surface area (Å²) in [7, 11) is 0. The number of halogens is 3. The number of nitrogens with one attached hydrogen (secondary N) is 2. The molecular weight excluding hydrogens is 279 g/mol. The Kier molecular flexibility index (Phi) is 4.00. The van der Waals surface area contributed by atoms with E-state index in [-0.39, 0.29) is 0 Å². The van der Waals surface area contributed by atoms with Gasteiger partial charge in [0.1, 0.15) is 0 Å². The van der Waals surface area contributed by atoms with Crippen LogP contribution in [0.15, 0.2) is 42.5 Å². The van der Waals surface area contributed by atoms with Gasteiger partial charge in [-0.05, 0) is 36.4 Å². The molecule has 0 saturated heterocycles. The fourth-order valence-electron chi connectivity index (χ4n) is 1.30. The zero-order chi connectivity index (χ0) is 12.3. The minimum atomic E-state index is 0.587. The van der Waals surface area contributed by atoms with Gasteiger partial charge in [-0.25, -0.2) is 0 Å². The molecule has 0 bridgehead atoms. The Bertz CT molecular complexity index is 529. The van der Waals surface area contributed by atoms with Gasteiger partial charge < -0.3 is 5.43 Å². The lowest BCUT2D eigenvalue weighted by atomic mass is 10.3.